The van der Waals surface area contributed by atoms with Gasteiger partial charge in [0.2, 0.25) is 0 Å². The first-order chi connectivity index (χ1) is 11.8. The van der Waals surface area contributed by atoms with Gasteiger partial charge in [-0.2, -0.15) is 0 Å². The summed E-state index contributed by atoms with van der Waals surface area (Å²) in [6.07, 6.45) is 0. The third-order valence-corrected chi connectivity index (χ3v) is 6.80. The number of fused-ring (bicyclic) bond motifs is 2. The molecule has 0 aliphatic rings. The normalized spacial score (nSPS) is 12.6. The molecule has 0 radical (unpaired) electrons. The highest BCUT2D eigenvalue weighted by Crippen LogP contribution is 2.35. The van der Waals surface area contributed by atoms with Crippen molar-refractivity contribution in [1.29, 1.82) is 0 Å². The van der Waals surface area contributed by atoms with E-state index in [0.717, 1.165) is 21.6 Å². The highest BCUT2D eigenvalue weighted by molar-refractivity contribution is 7.21. The summed E-state index contributed by atoms with van der Waals surface area (Å²) in [6.45, 7) is 11.1. The second-order valence-electron chi connectivity index (χ2n) is 7.84. The summed E-state index contributed by atoms with van der Waals surface area (Å²) in [6, 6.07) is 13.2. The number of hydrogen-bond donors (Lipinski definition) is 0. The Kier molecular flexibility index (Phi) is 3.93. The quantitative estimate of drug-likeness (QED) is 0.382. The van der Waals surface area contributed by atoms with E-state index in [0.29, 0.717) is 5.92 Å². The van der Waals surface area contributed by atoms with Crippen LogP contribution in [-0.4, -0.2) is 9.97 Å². The number of nitrogens with zero attached hydrogens (tertiary/aromatic N) is 2. The van der Waals surface area contributed by atoms with Gasteiger partial charge in [-0.1, -0.05) is 46.8 Å². The van der Waals surface area contributed by atoms with Crippen molar-refractivity contribution >= 4 is 43.1 Å². The van der Waals surface area contributed by atoms with Crippen molar-refractivity contribution in [2.75, 3.05) is 0 Å². The van der Waals surface area contributed by atoms with Gasteiger partial charge in [-0.05, 0) is 35.2 Å². The van der Waals surface area contributed by atoms with Gasteiger partial charge in [0.1, 0.15) is 5.01 Å². The molecule has 0 aliphatic carbocycles. The third-order valence-electron chi connectivity index (χ3n) is 4.40. The van der Waals surface area contributed by atoms with Crippen molar-refractivity contribution in [3.8, 4) is 10.6 Å². The van der Waals surface area contributed by atoms with Crippen LogP contribution in [0.4, 0.5) is 0 Å². The molecule has 25 heavy (non-hydrogen) atoms. The Hall–Kier alpha value is -1.78. The Labute approximate surface area is 156 Å². The Bertz CT molecular complexity index is 1060. The van der Waals surface area contributed by atoms with E-state index in [4.69, 9.17) is 9.97 Å². The maximum absolute atomic E-state index is 4.85. The first-order valence-electron chi connectivity index (χ1n) is 8.63. The molecule has 2 heterocycles. The van der Waals surface area contributed by atoms with Crippen LogP contribution in [0.2, 0.25) is 0 Å². The predicted molar refractivity (Wildman–Crippen MR) is 111 cm³/mol. The fourth-order valence-corrected chi connectivity index (χ4v) is 4.79. The Balaban J connectivity index is 1.79. The maximum atomic E-state index is 4.85. The van der Waals surface area contributed by atoms with E-state index >= 15 is 0 Å². The van der Waals surface area contributed by atoms with E-state index in [1.54, 1.807) is 22.7 Å². The van der Waals surface area contributed by atoms with Crippen LogP contribution in [0.15, 0.2) is 36.4 Å². The van der Waals surface area contributed by atoms with Gasteiger partial charge in [0.25, 0.3) is 0 Å². The number of aromatic nitrogens is 2. The molecule has 4 heteroatoms. The fourth-order valence-electron chi connectivity index (χ4n) is 2.84. The van der Waals surface area contributed by atoms with Crippen LogP contribution in [0.3, 0.4) is 0 Å². The van der Waals surface area contributed by atoms with Gasteiger partial charge >= 0.3 is 0 Å². The van der Waals surface area contributed by atoms with E-state index < -0.39 is 0 Å². The smallest absolute Gasteiger partial charge is 0.124 e. The molecule has 0 amide bonds. The molecule has 0 unspecified atom stereocenters. The summed E-state index contributed by atoms with van der Waals surface area (Å²) in [5, 5.41) is 2.27. The van der Waals surface area contributed by atoms with Gasteiger partial charge in [-0.3, -0.25) is 0 Å². The topological polar surface area (TPSA) is 25.8 Å². The molecule has 128 valence electrons. The SMILES string of the molecule is CC(C)c1nc2cc(-c3nc4ccc(C(C)(C)C)cc4s3)ccc2s1. The minimum absolute atomic E-state index is 0.158. The molecular formula is C21H22N2S2. The largest absolute Gasteiger partial charge is 0.241 e. The maximum Gasteiger partial charge on any atom is 0.124 e. The van der Waals surface area contributed by atoms with Crippen molar-refractivity contribution in [3.63, 3.8) is 0 Å². The minimum atomic E-state index is 0.158. The van der Waals surface area contributed by atoms with Crippen LogP contribution < -0.4 is 0 Å². The summed E-state index contributed by atoms with van der Waals surface area (Å²) in [7, 11) is 0. The average molecular weight is 367 g/mol. The van der Waals surface area contributed by atoms with Crippen LogP contribution in [0, 0.1) is 0 Å². The van der Waals surface area contributed by atoms with E-state index in [9.17, 15) is 0 Å². The Morgan fingerprint density at radius 2 is 1.64 bits per heavy atom. The molecule has 0 aliphatic heterocycles. The van der Waals surface area contributed by atoms with Crippen molar-refractivity contribution in [3.05, 3.63) is 47.0 Å². The van der Waals surface area contributed by atoms with Gasteiger partial charge in [-0.15, -0.1) is 22.7 Å². The summed E-state index contributed by atoms with van der Waals surface area (Å²) < 4.78 is 2.51. The molecule has 0 atom stereocenters. The van der Waals surface area contributed by atoms with Crippen molar-refractivity contribution in [2.45, 2.75) is 46.0 Å². The van der Waals surface area contributed by atoms with Gasteiger partial charge in [-0.25, -0.2) is 9.97 Å². The van der Waals surface area contributed by atoms with Crippen LogP contribution in [0.25, 0.3) is 31.0 Å². The summed E-state index contributed by atoms with van der Waals surface area (Å²) in [5.74, 6) is 0.471. The first-order valence-corrected chi connectivity index (χ1v) is 10.3. The monoisotopic (exact) mass is 366 g/mol. The molecule has 4 aromatic rings. The molecule has 2 nitrogen and oxygen atoms in total. The number of hydrogen-bond acceptors (Lipinski definition) is 4. The molecule has 2 aromatic carbocycles. The highest BCUT2D eigenvalue weighted by Gasteiger charge is 2.16. The van der Waals surface area contributed by atoms with E-state index in [2.05, 4.69) is 71.0 Å². The summed E-state index contributed by atoms with van der Waals surface area (Å²) in [5.41, 5.74) is 4.83. The van der Waals surface area contributed by atoms with Crippen molar-refractivity contribution in [1.82, 2.24) is 9.97 Å². The Morgan fingerprint density at radius 3 is 2.36 bits per heavy atom. The van der Waals surface area contributed by atoms with Crippen molar-refractivity contribution < 1.29 is 0 Å². The van der Waals surface area contributed by atoms with Gasteiger partial charge < -0.3 is 0 Å². The zero-order valence-electron chi connectivity index (χ0n) is 15.3. The summed E-state index contributed by atoms with van der Waals surface area (Å²) >= 11 is 3.56. The average Bonchev–Trinajstić information content (AvgIpc) is 3.16. The van der Waals surface area contributed by atoms with E-state index in [1.165, 1.54) is 20.0 Å². The van der Waals surface area contributed by atoms with Crippen LogP contribution in [-0.2, 0) is 5.41 Å². The highest BCUT2D eigenvalue weighted by atomic mass is 32.1. The molecule has 0 spiro atoms. The molecule has 2 aromatic heterocycles. The Morgan fingerprint density at radius 1 is 0.840 bits per heavy atom. The number of thiazole rings is 2. The standard InChI is InChI=1S/C21H22N2S2/c1-12(2)19-23-16-10-13(6-9-17(16)24-19)20-22-15-8-7-14(21(3,4)5)11-18(15)25-20/h6-12H,1-5H3. The van der Waals surface area contributed by atoms with Gasteiger partial charge in [0.15, 0.2) is 0 Å². The van der Waals surface area contributed by atoms with E-state index in [1.807, 2.05) is 0 Å². The lowest BCUT2D eigenvalue weighted by Crippen LogP contribution is -2.10. The van der Waals surface area contributed by atoms with Crippen LogP contribution in [0.5, 0.6) is 0 Å². The van der Waals surface area contributed by atoms with Gasteiger partial charge in [0.05, 0.1) is 25.4 Å². The zero-order valence-corrected chi connectivity index (χ0v) is 16.9. The summed E-state index contributed by atoms with van der Waals surface area (Å²) in [4.78, 5) is 9.64. The van der Waals surface area contributed by atoms with E-state index in [-0.39, 0.29) is 5.41 Å². The number of rotatable bonds is 2. The van der Waals surface area contributed by atoms with Crippen LogP contribution >= 0.6 is 22.7 Å². The van der Waals surface area contributed by atoms with Crippen LogP contribution in [0.1, 0.15) is 51.1 Å². The number of benzene rings is 2. The lowest BCUT2D eigenvalue weighted by molar-refractivity contribution is 0.591. The minimum Gasteiger partial charge on any atom is -0.241 e. The lowest BCUT2D eigenvalue weighted by Gasteiger charge is -2.18. The molecular weight excluding hydrogens is 344 g/mol. The molecule has 0 saturated heterocycles. The first kappa shape index (κ1) is 16.7. The fraction of sp³-hybridized carbons (Fsp3) is 0.333. The second-order valence-corrected chi connectivity index (χ2v) is 9.93. The van der Waals surface area contributed by atoms with Gasteiger partial charge in [0, 0.05) is 11.5 Å². The lowest BCUT2D eigenvalue weighted by atomic mass is 9.87. The second kappa shape index (κ2) is 5.89. The zero-order chi connectivity index (χ0) is 17.8. The van der Waals surface area contributed by atoms with Crippen molar-refractivity contribution in [2.24, 2.45) is 0 Å². The molecule has 0 N–H and O–H groups in total. The molecule has 0 saturated carbocycles. The predicted octanol–water partition coefficient (Wildman–Crippen LogP) is 6.99. The molecule has 4 rings (SSSR count). The molecule has 0 fully saturated rings. The molecule has 0 bridgehead atoms. The third kappa shape index (κ3) is 3.09.